The van der Waals surface area contributed by atoms with E-state index in [1.54, 1.807) is 55.6 Å². The molecule has 0 spiro atoms. The van der Waals surface area contributed by atoms with E-state index in [4.69, 9.17) is 9.47 Å². The summed E-state index contributed by atoms with van der Waals surface area (Å²) in [7, 11) is 1.56. The molecular weight excluding hydrogens is 382 g/mol. The molecule has 6 nitrogen and oxygen atoms in total. The summed E-state index contributed by atoms with van der Waals surface area (Å²) in [5, 5.41) is 0. The van der Waals surface area contributed by atoms with Crippen LogP contribution in [0.3, 0.4) is 0 Å². The number of rotatable bonds is 6. The third kappa shape index (κ3) is 2.83. The highest BCUT2D eigenvalue weighted by Gasteiger charge is 2.59. The Morgan fingerprint density at radius 2 is 1.60 bits per heavy atom. The van der Waals surface area contributed by atoms with E-state index in [9.17, 15) is 14.4 Å². The normalized spacial score (nSPS) is 26.2. The highest BCUT2D eigenvalue weighted by atomic mass is 16.5. The van der Waals surface area contributed by atoms with Gasteiger partial charge >= 0.3 is 0 Å². The van der Waals surface area contributed by atoms with Gasteiger partial charge in [0.15, 0.2) is 12.4 Å². The highest BCUT2D eigenvalue weighted by Crippen LogP contribution is 2.53. The van der Waals surface area contributed by atoms with Crippen LogP contribution >= 0.6 is 0 Å². The van der Waals surface area contributed by atoms with Crippen molar-refractivity contribution >= 4 is 23.3 Å². The summed E-state index contributed by atoms with van der Waals surface area (Å²) < 4.78 is 10.9. The average Bonchev–Trinajstić information content (AvgIpc) is 3.46. The second-order valence-corrected chi connectivity index (χ2v) is 7.92. The number of imide groups is 1. The second kappa shape index (κ2) is 7.13. The zero-order valence-corrected chi connectivity index (χ0v) is 16.5. The van der Waals surface area contributed by atoms with Crippen molar-refractivity contribution in [3.63, 3.8) is 0 Å². The van der Waals surface area contributed by atoms with Crippen LogP contribution in [-0.2, 0) is 9.59 Å². The number of fused-ring (bicyclic) bond motifs is 5. The molecule has 3 aliphatic rings. The second-order valence-electron chi connectivity index (χ2n) is 7.92. The number of nitrogens with zero attached hydrogens (tertiary/aromatic N) is 1. The Morgan fingerprint density at radius 1 is 0.967 bits per heavy atom. The maximum Gasteiger partial charge on any atom is 0.238 e. The van der Waals surface area contributed by atoms with Crippen LogP contribution in [-0.4, -0.2) is 31.3 Å². The Bertz CT molecular complexity index is 1030. The molecule has 5 rings (SSSR count). The van der Waals surface area contributed by atoms with Gasteiger partial charge < -0.3 is 9.47 Å². The van der Waals surface area contributed by atoms with Gasteiger partial charge in [-0.25, -0.2) is 4.90 Å². The summed E-state index contributed by atoms with van der Waals surface area (Å²) in [5.41, 5.74) is 0.905. The number of anilines is 1. The lowest BCUT2D eigenvalue weighted by atomic mass is 9.85. The number of carbonyl (C=O) groups excluding carboxylic acids is 3. The maximum atomic E-state index is 13.1. The molecule has 0 N–H and O–H groups in total. The minimum atomic E-state index is -0.276. The standard InChI is InChI=1S/C24H21NO5/c1-29-17-10-8-14(9-11-17)19(26)13-30-20-5-3-2-4-18(20)25-23(27)21-15-6-7-16(12-15)22(21)24(25)28/h2-11,15-16,21-22H,12-13H2,1H3/t15-,16-,21+,22+/m0/s1. The van der Waals surface area contributed by atoms with Crippen molar-refractivity contribution in [1.82, 2.24) is 0 Å². The van der Waals surface area contributed by atoms with E-state index in [-0.39, 0.29) is 47.9 Å². The van der Waals surface area contributed by atoms with Crippen LogP contribution in [0.1, 0.15) is 16.8 Å². The SMILES string of the molecule is COc1ccc(C(=O)COc2ccccc2N2C(=O)[C@H]3[C@H](C2=O)[C@H]2C=C[C@H]3C2)cc1. The van der Waals surface area contributed by atoms with Gasteiger partial charge in [-0.3, -0.25) is 14.4 Å². The van der Waals surface area contributed by atoms with E-state index in [0.29, 0.717) is 22.7 Å². The molecule has 152 valence electrons. The first kappa shape index (κ1) is 18.6. The van der Waals surface area contributed by atoms with Gasteiger partial charge in [0.2, 0.25) is 11.8 Å². The van der Waals surface area contributed by atoms with Crippen molar-refractivity contribution < 1.29 is 23.9 Å². The largest absolute Gasteiger partial charge is 0.497 e. The predicted octanol–water partition coefficient (Wildman–Crippen LogP) is 3.27. The summed E-state index contributed by atoms with van der Waals surface area (Å²) in [6, 6.07) is 13.7. The number of allylic oxidation sites excluding steroid dienone is 2. The summed E-state index contributed by atoms with van der Waals surface area (Å²) >= 11 is 0. The van der Waals surface area contributed by atoms with Crippen LogP contribution in [0, 0.1) is 23.7 Å². The third-order valence-corrected chi connectivity index (χ3v) is 6.35. The number of amides is 2. The van der Waals surface area contributed by atoms with Gasteiger partial charge in [-0.2, -0.15) is 0 Å². The molecule has 2 aromatic rings. The third-order valence-electron chi connectivity index (χ3n) is 6.35. The first-order chi connectivity index (χ1) is 14.6. The van der Waals surface area contributed by atoms with Crippen molar-refractivity contribution in [2.45, 2.75) is 6.42 Å². The number of hydrogen-bond acceptors (Lipinski definition) is 5. The van der Waals surface area contributed by atoms with Gasteiger partial charge in [-0.05, 0) is 54.7 Å². The molecular formula is C24H21NO5. The number of hydrogen-bond donors (Lipinski definition) is 0. The monoisotopic (exact) mass is 403 g/mol. The van der Waals surface area contributed by atoms with Crippen LogP contribution in [0.15, 0.2) is 60.7 Å². The van der Waals surface area contributed by atoms with E-state index in [0.717, 1.165) is 6.42 Å². The number of benzene rings is 2. The zero-order chi connectivity index (χ0) is 20.8. The molecule has 1 saturated carbocycles. The molecule has 2 amide bonds. The summed E-state index contributed by atoms with van der Waals surface area (Å²) in [6.07, 6.45) is 5.02. The number of para-hydroxylation sites is 2. The first-order valence-electron chi connectivity index (χ1n) is 10.0. The van der Waals surface area contributed by atoms with Crippen molar-refractivity contribution in [2.24, 2.45) is 23.7 Å². The molecule has 4 atom stereocenters. The highest BCUT2D eigenvalue weighted by molar-refractivity contribution is 6.23. The number of Topliss-reactive ketones (excluding diaryl/α,β-unsaturated/α-hetero) is 1. The van der Waals surface area contributed by atoms with Crippen molar-refractivity contribution in [2.75, 3.05) is 18.6 Å². The lowest BCUT2D eigenvalue weighted by Crippen LogP contribution is -2.33. The fraction of sp³-hybridized carbons (Fsp3) is 0.292. The molecule has 1 heterocycles. The smallest absolute Gasteiger partial charge is 0.238 e. The Balaban J connectivity index is 1.35. The molecule has 0 radical (unpaired) electrons. The predicted molar refractivity (Wildman–Crippen MR) is 109 cm³/mol. The molecule has 0 unspecified atom stereocenters. The lowest BCUT2D eigenvalue weighted by Gasteiger charge is -2.20. The van der Waals surface area contributed by atoms with Crippen LogP contribution in [0.2, 0.25) is 0 Å². The summed E-state index contributed by atoms with van der Waals surface area (Å²) in [4.78, 5) is 40.0. The zero-order valence-electron chi connectivity index (χ0n) is 16.5. The lowest BCUT2D eigenvalue weighted by molar-refractivity contribution is -0.123. The molecule has 1 saturated heterocycles. The molecule has 6 heteroatoms. The van der Waals surface area contributed by atoms with Gasteiger partial charge in [0.1, 0.15) is 11.5 Å². The first-order valence-corrected chi connectivity index (χ1v) is 10.0. The molecule has 0 aromatic heterocycles. The van der Waals surface area contributed by atoms with Crippen molar-refractivity contribution in [3.8, 4) is 11.5 Å². The van der Waals surface area contributed by atoms with Gasteiger partial charge in [-0.15, -0.1) is 0 Å². The molecule has 2 aromatic carbocycles. The Morgan fingerprint density at radius 3 is 2.23 bits per heavy atom. The Kier molecular flexibility index (Phi) is 4.42. The molecule has 1 aliphatic heterocycles. The summed E-state index contributed by atoms with van der Waals surface area (Å²) in [5.74, 6) is 0.212. The van der Waals surface area contributed by atoms with Crippen LogP contribution < -0.4 is 14.4 Å². The van der Waals surface area contributed by atoms with E-state index >= 15 is 0 Å². The van der Waals surface area contributed by atoms with E-state index in [2.05, 4.69) is 12.2 Å². The molecule has 2 fully saturated rings. The van der Waals surface area contributed by atoms with E-state index in [1.165, 1.54) is 4.90 Å². The minimum Gasteiger partial charge on any atom is -0.497 e. The maximum absolute atomic E-state index is 13.1. The van der Waals surface area contributed by atoms with Crippen LogP contribution in [0.5, 0.6) is 11.5 Å². The van der Waals surface area contributed by atoms with Crippen molar-refractivity contribution in [1.29, 1.82) is 0 Å². The number of carbonyl (C=O) groups is 3. The summed E-state index contributed by atoms with van der Waals surface area (Å²) in [6.45, 7) is -0.195. The quantitative estimate of drug-likeness (QED) is 0.421. The van der Waals surface area contributed by atoms with Crippen molar-refractivity contribution in [3.05, 3.63) is 66.2 Å². The van der Waals surface area contributed by atoms with Crippen LogP contribution in [0.25, 0.3) is 0 Å². The Labute approximate surface area is 174 Å². The molecule has 2 bridgehead atoms. The van der Waals surface area contributed by atoms with E-state index < -0.39 is 0 Å². The number of ether oxygens (including phenoxy) is 2. The van der Waals surface area contributed by atoms with Gasteiger partial charge in [-0.1, -0.05) is 24.3 Å². The minimum absolute atomic E-state index is 0.145. The molecule has 30 heavy (non-hydrogen) atoms. The Hall–Kier alpha value is -3.41. The number of ketones is 1. The topological polar surface area (TPSA) is 72.9 Å². The van der Waals surface area contributed by atoms with Gasteiger partial charge in [0.25, 0.3) is 0 Å². The fourth-order valence-corrected chi connectivity index (χ4v) is 4.91. The number of methoxy groups -OCH3 is 1. The van der Waals surface area contributed by atoms with Gasteiger partial charge in [0.05, 0.1) is 24.6 Å². The fourth-order valence-electron chi connectivity index (χ4n) is 4.91. The average molecular weight is 403 g/mol. The van der Waals surface area contributed by atoms with Crippen LogP contribution in [0.4, 0.5) is 5.69 Å². The van der Waals surface area contributed by atoms with E-state index in [1.807, 2.05) is 0 Å². The van der Waals surface area contributed by atoms with Gasteiger partial charge in [0, 0.05) is 5.56 Å². The molecule has 2 aliphatic carbocycles.